The maximum absolute atomic E-state index is 12.0. The summed E-state index contributed by atoms with van der Waals surface area (Å²) in [5.41, 5.74) is 3.91. The standard InChI is InChI=1S/C18H22N2O2/c1-13-6-5-7-14(2)18(13)22-12-17(21)19-15-8-10-16(11-9-15)20(3)4/h5-11H,12H2,1-4H3,(H,19,21). The molecule has 116 valence electrons. The van der Waals surface area contributed by atoms with Crippen LogP contribution in [-0.4, -0.2) is 26.6 Å². The third-order valence-electron chi connectivity index (χ3n) is 3.42. The molecule has 0 heterocycles. The van der Waals surface area contributed by atoms with Gasteiger partial charge >= 0.3 is 0 Å². The Labute approximate surface area is 131 Å². The van der Waals surface area contributed by atoms with Crippen molar-refractivity contribution in [1.82, 2.24) is 0 Å². The van der Waals surface area contributed by atoms with E-state index in [2.05, 4.69) is 5.32 Å². The lowest BCUT2D eigenvalue weighted by atomic mass is 10.1. The van der Waals surface area contributed by atoms with Crippen LogP contribution in [0.25, 0.3) is 0 Å². The zero-order valence-corrected chi connectivity index (χ0v) is 13.5. The fourth-order valence-corrected chi connectivity index (χ4v) is 2.20. The average Bonchev–Trinajstić information content (AvgIpc) is 2.47. The highest BCUT2D eigenvalue weighted by Gasteiger charge is 2.07. The molecular formula is C18H22N2O2. The average molecular weight is 298 g/mol. The predicted molar refractivity (Wildman–Crippen MR) is 90.8 cm³/mol. The van der Waals surface area contributed by atoms with Gasteiger partial charge in [-0.3, -0.25) is 4.79 Å². The van der Waals surface area contributed by atoms with E-state index in [9.17, 15) is 4.79 Å². The molecule has 0 aliphatic heterocycles. The summed E-state index contributed by atoms with van der Waals surface area (Å²) in [4.78, 5) is 14.0. The van der Waals surface area contributed by atoms with Crippen molar-refractivity contribution >= 4 is 17.3 Å². The number of nitrogens with one attached hydrogen (secondary N) is 1. The number of aryl methyl sites for hydroxylation is 2. The molecule has 2 aromatic carbocycles. The molecule has 4 heteroatoms. The number of para-hydroxylation sites is 1. The van der Waals surface area contributed by atoms with Crippen LogP contribution in [0.4, 0.5) is 11.4 Å². The van der Waals surface area contributed by atoms with Gasteiger partial charge in [-0.15, -0.1) is 0 Å². The van der Waals surface area contributed by atoms with Gasteiger partial charge < -0.3 is 15.0 Å². The van der Waals surface area contributed by atoms with Gasteiger partial charge in [0.2, 0.25) is 0 Å². The van der Waals surface area contributed by atoms with E-state index in [0.29, 0.717) is 0 Å². The van der Waals surface area contributed by atoms with Crippen LogP contribution >= 0.6 is 0 Å². The number of ether oxygens (including phenoxy) is 1. The topological polar surface area (TPSA) is 41.6 Å². The number of anilines is 2. The summed E-state index contributed by atoms with van der Waals surface area (Å²) < 4.78 is 5.64. The minimum absolute atomic E-state index is 0.00112. The third-order valence-corrected chi connectivity index (χ3v) is 3.42. The molecule has 0 atom stereocenters. The highest BCUT2D eigenvalue weighted by atomic mass is 16.5. The van der Waals surface area contributed by atoms with Crippen LogP contribution in [0.1, 0.15) is 11.1 Å². The van der Waals surface area contributed by atoms with Gasteiger partial charge in [0.15, 0.2) is 6.61 Å². The Kier molecular flexibility index (Phi) is 5.04. The largest absolute Gasteiger partial charge is 0.483 e. The maximum Gasteiger partial charge on any atom is 0.262 e. The predicted octanol–water partition coefficient (Wildman–Crippen LogP) is 3.39. The van der Waals surface area contributed by atoms with E-state index in [1.165, 1.54) is 0 Å². The van der Waals surface area contributed by atoms with Gasteiger partial charge in [-0.2, -0.15) is 0 Å². The van der Waals surface area contributed by atoms with E-state index < -0.39 is 0 Å². The molecule has 0 saturated carbocycles. The highest BCUT2D eigenvalue weighted by molar-refractivity contribution is 5.92. The SMILES string of the molecule is Cc1cccc(C)c1OCC(=O)Nc1ccc(N(C)C)cc1. The van der Waals surface area contributed by atoms with Crippen molar-refractivity contribution in [3.05, 3.63) is 53.6 Å². The fraction of sp³-hybridized carbons (Fsp3) is 0.278. The number of hydrogen-bond donors (Lipinski definition) is 1. The van der Waals surface area contributed by atoms with Crippen molar-refractivity contribution in [1.29, 1.82) is 0 Å². The number of nitrogens with zero attached hydrogens (tertiary/aromatic N) is 1. The smallest absolute Gasteiger partial charge is 0.262 e. The molecule has 1 N–H and O–H groups in total. The molecule has 2 rings (SSSR count). The summed E-state index contributed by atoms with van der Waals surface area (Å²) in [6, 6.07) is 13.6. The first-order valence-corrected chi connectivity index (χ1v) is 7.23. The maximum atomic E-state index is 12.0. The fourth-order valence-electron chi connectivity index (χ4n) is 2.20. The van der Waals surface area contributed by atoms with Crippen molar-refractivity contribution < 1.29 is 9.53 Å². The lowest BCUT2D eigenvalue weighted by molar-refractivity contribution is -0.118. The first-order valence-electron chi connectivity index (χ1n) is 7.23. The molecule has 0 unspecified atom stereocenters. The van der Waals surface area contributed by atoms with Crippen molar-refractivity contribution in [2.24, 2.45) is 0 Å². The Hall–Kier alpha value is -2.49. The Morgan fingerprint density at radius 1 is 1.05 bits per heavy atom. The first kappa shape index (κ1) is 15.9. The number of rotatable bonds is 5. The van der Waals surface area contributed by atoms with Crippen molar-refractivity contribution in [2.45, 2.75) is 13.8 Å². The van der Waals surface area contributed by atoms with Gasteiger partial charge in [-0.1, -0.05) is 18.2 Å². The summed E-state index contributed by atoms with van der Waals surface area (Å²) in [7, 11) is 3.96. The van der Waals surface area contributed by atoms with Gasteiger partial charge in [0.25, 0.3) is 5.91 Å². The van der Waals surface area contributed by atoms with Crippen LogP contribution in [0, 0.1) is 13.8 Å². The van der Waals surface area contributed by atoms with Crippen LogP contribution in [0.5, 0.6) is 5.75 Å². The van der Waals surface area contributed by atoms with Crippen LogP contribution < -0.4 is 15.0 Å². The van der Waals surface area contributed by atoms with E-state index in [1.54, 1.807) is 0 Å². The summed E-state index contributed by atoms with van der Waals surface area (Å²) in [5, 5.41) is 2.83. The third kappa shape index (κ3) is 4.01. The number of carbonyl (C=O) groups excluding carboxylic acids is 1. The van der Waals surface area contributed by atoms with Crippen LogP contribution in [0.15, 0.2) is 42.5 Å². The second-order valence-electron chi connectivity index (χ2n) is 5.50. The Balaban J connectivity index is 1.93. The second-order valence-corrected chi connectivity index (χ2v) is 5.50. The summed E-state index contributed by atoms with van der Waals surface area (Å²) >= 11 is 0. The molecule has 4 nitrogen and oxygen atoms in total. The normalized spacial score (nSPS) is 10.2. The number of carbonyl (C=O) groups is 1. The minimum Gasteiger partial charge on any atom is -0.483 e. The number of amides is 1. The van der Waals surface area contributed by atoms with Gasteiger partial charge in [-0.25, -0.2) is 0 Å². The monoisotopic (exact) mass is 298 g/mol. The van der Waals surface area contributed by atoms with E-state index in [-0.39, 0.29) is 12.5 Å². The van der Waals surface area contributed by atoms with Crippen molar-refractivity contribution in [3.8, 4) is 5.75 Å². The quantitative estimate of drug-likeness (QED) is 0.920. The lowest BCUT2D eigenvalue weighted by Crippen LogP contribution is -2.20. The van der Waals surface area contributed by atoms with E-state index in [0.717, 1.165) is 28.3 Å². The molecule has 0 radical (unpaired) electrons. The zero-order valence-electron chi connectivity index (χ0n) is 13.5. The Morgan fingerprint density at radius 2 is 1.64 bits per heavy atom. The molecule has 0 spiro atoms. The van der Waals surface area contributed by atoms with E-state index >= 15 is 0 Å². The lowest BCUT2D eigenvalue weighted by Gasteiger charge is -2.14. The molecule has 0 aliphatic rings. The van der Waals surface area contributed by atoms with Crippen LogP contribution in [0.2, 0.25) is 0 Å². The summed E-state index contributed by atoms with van der Waals surface area (Å²) in [5.74, 6) is 0.612. The molecule has 1 amide bonds. The summed E-state index contributed by atoms with van der Waals surface area (Å²) in [6.07, 6.45) is 0. The van der Waals surface area contributed by atoms with Gasteiger partial charge in [0.05, 0.1) is 0 Å². The molecule has 0 aromatic heterocycles. The highest BCUT2D eigenvalue weighted by Crippen LogP contribution is 2.22. The van der Waals surface area contributed by atoms with Crippen molar-refractivity contribution in [2.75, 3.05) is 30.9 Å². The molecule has 22 heavy (non-hydrogen) atoms. The molecule has 0 bridgehead atoms. The van der Waals surface area contributed by atoms with Crippen LogP contribution in [0.3, 0.4) is 0 Å². The number of benzene rings is 2. The molecule has 0 saturated heterocycles. The molecular weight excluding hydrogens is 276 g/mol. The second kappa shape index (κ2) is 6.98. The van der Waals surface area contributed by atoms with E-state index in [4.69, 9.17) is 4.74 Å². The van der Waals surface area contributed by atoms with Gasteiger partial charge in [0, 0.05) is 25.5 Å². The first-order chi connectivity index (χ1) is 10.5. The van der Waals surface area contributed by atoms with Crippen molar-refractivity contribution in [3.63, 3.8) is 0 Å². The zero-order chi connectivity index (χ0) is 16.1. The van der Waals surface area contributed by atoms with E-state index in [1.807, 2.05) is 75.3 Å². The summed E-state index contributed by atoms with van der Waals surface area (Å²) in [6.45, 7) is 3.95. The Bertz CT molecular complexity index is 628. The van der Waals surface area contributed by atoms with Gasteiger partial charge in [-0.05, 0) is 49.2 Å². The molecule has 0 aliphatic carbocycles. The Morgan fingerprint density at radius 3 is 2.18 bits per heavy atom. The number of hydrogen-bond acceptors (Lipinski definition) is 3. The molecule has 0 fully saturated rings. The van der Waals surface area contributed by atoms with Crippen LogP contribution in [-0.2, 0) is 4.79 Å². The molecule has 2 aromatic rings. The van der Waals surface area contributed by atoms with Gasteiger partial charge in [0.1, 0.15) is 5.75 Å². The minimum atomic E-state index is -0.166.